The first kappa shape index (κ1) is 18.6. The van der Waals surface area contributed by atoms with Crippen LogP contribution in [0.1, 0.15) is 30.6 Å². The lowest BCUT2D eigenvalue weighted by Crippen LogP contribution is -2.10. The third-order valence-corrected chi connectivity index (χ3v) is 3.92. The molecular weight excluding hydrogens is 320 g/mol. The summed E-state index contributed by atoms with van der Waals surface area (Å²) in [7, 11) is 4.69. The Morgan fingerprint density at radius 3 is 2.08 bits per heavy atom. The topological polar surface area (TPSA) is 54.0 Å². The SMILES string of the molecule is COc1cc(CCC(=O)OC(C)c2ccccc2)cc(OC)c1OC. The van der Waals surface area contributed by atoms with Crippen molar-refractivity contribution in [2.45, 2.75) is 25.9 Å². The minimum Gasteiger partial charge on any atom is -0.493 e. The largest absolute Gasteiger partial charge is 0.493 e. The number of carbonyl (C=O) groups is 1. The Bertz CT molecular complexity index is 671. The summed E-state index contributed by atoms with van der Waals surface area (Å²) < 4.78 is 21.4. The summed E-state index contributed by atoms with van der Waals surface area (Å²) in [6.07, 6.45) is 0.529. The number of benzene rings is 2. The van der Waals surface area contributed by atoms with Gasteiger partial charge < -0.3 is 18.9 Å². The molecule has 0 heterocycles. The van der Waals surface area contributed by atoms with Crippen molar-refractivity contribution in [3.8, 4) is 17.2 Å². The zero-order valence-electron chi connectivity index (χ0n) is 15.1. The van der Waals surface area contributed by atoms with Crippen LogP contribution in [-0.2, 0) is 16.0 Å². The fourth-order valence-electron chi connectivity index (χ4n) is 2.57. The summed E-state index contributed by atoms with van der Waals surface area (Å²) in [4.78, 5) is 12.1. The standard InChI is InChI=1S/C20H24O5/c1-14(16-8-6-5-7-9-16)25-19(21)11-10-15-12-17(22-2)20(24-4)18(13-15)23-3/h5-9,12-14H,10-11H2,1-4H3. The van der Waals surface area contributed by atoms with Crippen LogP contribution in [0, 0.1) is 0 Å². The molecule has 0 aliphatic carbocycles. The van der Waals surface area contributed by atoms with Crippen LogP contribution in [0.4, 0.5) is 0 Å². The number of ether oxygens (including phenoxy) is 4. The van der Waals surface area contributed by atoms with Crippen LogP contribution < -0.4 is 14.2 Å². The molecule has 0 saturated heterocycles. The molecule has 25 heavy (non-hydrogen) atoms. The van der Waals surface area contributed by atoms with Crippen molar-refractivity contribution in [3.05, 3.63) is 53.6 Å². The fourth-order valence-corrected chi connectivity index (χ4v) is 2.57. The number of esters is 1. The van der Waals surface area contributed by atoms with Crippen molar-refractivity contribution in [1.82, 2.24) is 0 Å². The van der Waals surface area contributed by atoms with Crippen molar-refractivity contribution < 1.29 is 23.7 Å². The predicted octanol–water partition coefficient (Wildman–Crippen LogP) is 3.95. The van der Waals surface area contributed by atoms with Gasteiger partial charge in [0.1, 0.15) is 6.10 Å². The minimum atomic E-state index is -0.270. The second kappa shape index (κ2) is 8.97. The quantitative estimate of drug-likeness (QED) is 0.679. The van der Waals surface area contributed by atoms with Crippen molar-refractivity contribution in [2.75, 3.05) is 21.3 Å². The maximum atomic E-state index is 12.1. The van der Waals surface area contributed by atoms with Gasteiger partial charge in [0.05, 0.1) is 21.3 Å². The molecular formula is C20H24O5. The Hall–Kier alpha value is -2.69. The van der Waals surface area contributed by atoms with Crippen molar-refractivity contribution in [2.24, 2.45) is 0 Å². The van der Waals surface area contributed by atoms with Crippen molar-refractivity contribution in [1.29, 1.82) is 0 Å². The highest BCUT2D eigenvalue weighted by Crippen LogP contribution is 2.38. The first-order valence-electron chi connectivity index (χ1n) is 8.12. The van der Waals surface area contributed by atoms with E-state index in [0.29, 0.717) is 23.7 Å². The molecule has 0 radical (unpaired) electrons. The van der Waals surface area contributed by atoms with Crippen molar-refractivity contribution >= 4 is 5.97 Å². The van der Waals surface area contributed by atoms with E-state index in [9.17, 15) is 4.79 Å². The van der Waals surface area contributed by atoms with Crippen LogP contribution in [0.25, 0.3) is 0 Å². The molecule has 2 rings (SSSR count). The normalized spacial score (nSPS) is 11.5. The summed E-state index contributed by atoms with van der Waals surface area (Å²) in [6, 6.07) is 13.4. The van der Waals surface area contributed by atoms with E-state index >= 15 is 0 Å². The maximum Gasteiger partial charge on any atom is 0.306 e. The van der Waals surface area contributed by atoms with Gasteiger partial charge in [-0.05, 0) is 36.6 Å². The van der Waals surface area contributed by atoms with Gasteiger partial charge in [-0.1, -0.05) is 30.3 Å². The summed E-state index contributed by atoms with van der Waals surface area (Å²) in [6.45, 7) is 1.87. The van der Waals surface area contributed by atoms with E-state index in [-0.39, 0.29) is 18.5 Å². The molecule has 1 atom stereocenters. The molecule has 0 aliphatic rings. The highest BCUT2D eigenvalue weighted by molar-refractivity contribution is 5.70. The third kappa shape index (κ3) is 4.89. The second-order valence-corrected chi connectivity index (χ2v) is 5.58. The molecule has 0 aliphatic heterocycles. The Labute approximate surface area is 148 Å². The molecule has 5 nitrogen and oxygen atoms in total. The van der Waals surface area contributed by atoms with Crippen LogP contribution in [0.3, 0.4) is 0 Å². The number of methoxy groups -OCH3 is 3. The van der Waals surface area contributed by atoms with Crippen LogP contribution in [0.15, 0.2) is 42.5 Å². The zero-order valence-corrected chi connectivity index (χ0v) is 15.1. The third-order valence-electron chi connectivity index (χ3n) is 3.92. The van der Waals surface area contributed by atoms with E-state index in [1.165, 1.54) is 0 Å². The van der Waals surface area contributed by atoms with Crippen LogP contribution in [-0.4, -0.2) is 27.3 Å². The zero-order chi connectivity index (χ0) is 18.2. The van der Waals surface area contributed by atoms with Crippen LogP contribution in [0.5, 0.6) is 17.2 Å². The van der Waals surface area contributed by atoms with Gasteiger partial charge in [-0.15, -0.1) is 0 Å². The van der Waals surface area contributed by atoms with Crippen molar-refractivity contribution in [3.63, 3.8) is 0 Å². The van der Waals surface area contributed by atoms with E-state index in [4.69, 9.17) is 18.9 Å². The number of rotatable bonds is 8. The number of aryl methyl sites for hydroxylation is 1. The molecule has 0 bridgehead atoms. The highest BCUT2D eigenvalue weighted by Gasteiger charge is 2.15. The van der Waals surface area contributed by atoms with E-state index in [0.717, 1.165) is 11.1 Å². The predicted molar refractivity (Wildman–Crippen MR) is 95.4 cm³/mol. The van der Waals surface area contributed by atoms with Gasteiger partial charge in [0, 0.05) is 6.42 Å². The smallest absolute Gasteiger partial charge is 0.306 e. The van der Waals surface area contributed by atoms with Gasteiger partial charge in [0.2, 0.25) is 5.75 Å². The molecule has 1 unspecified atom stereocenters. The Kier molecular flexibility index (Phi) is 6.69. The Morgan fingerprint density at radius 2 is 1.56 bits per heavy atom. The van der Waals surface area contributed by atoms with Gasteiger partial charge in [0.15, 0.2) is 11.5 Å². The van der Waals surface area contributed by atoms with Gasteiger partial charge in [-0.2, -0.15) is 0 Å². The molecule has 0 N–H and O–H groups in total. The highest BCUT2D eigenvalue weighted by atomic mass is 16.5. The molecule has 134 valence electrons. The molecule has 0 spiro atoms. The minimum absolute atomic E-state index is 0.245. The lowest BCUT2D eigenvalue weighted by atomic mass is 10.1. The number of carbonyl (C=O) groups excluding carboxylic acids is 1. The first-order chi connectivity index (χ1) is 12.1. The summed E-state index contributed by atoms with van der Waals surface area (Å²) in [5, 5.41) is 0. The Morgan fingerprint density at radius 1 is 0.960 bits per heavy atom. The summed E-state index contributed by atoms with van der Waals surface area (Å²) in [5.74, 6) is 1.44. The average Bonchev–Trinajstić information content (AvgIpc) is 2.65. The van der Waals surface area contributed by atoms with E-state index in [1.807, 2.05) is 49.4 Å². The lowest BCUT2D eigenvalue weighted by molar-refractivity contribution is -0.148. The Balaban J connectivity index is 1.99. The van der Waals surface area contributed by atoms with Crippen LogP contribution >= 0.6 is 0 Å². The molecule has 0 amide bonds. The molecule has 5 heteroatoms. The van der Waals surface area contributed by atoms with Crippen LogP contribution in [0.2, 0.25) is 0 Å². The number of hydrogen-bond acceptors (Lipinski definition) is 5. The molecule has 0 saturated carbocycles. The summed E-state index contributed by atoms with van der Waals surface area (Å²) in [5.41, 5.74) is 1.89. The van der Waals surface area contributed by atoms with E-state index in [1.54, 1.807) is 21.3 Å². The monoisotopic (exact) mass is 344 g/mol. The number of hydrogen-bond donors (Lipinski definition) is 0. The molecule has 2 aromatic carbocycles. The molecule has 2 aromatic rings. The lowest BCUT2D eigenvalue weighted by Gasteiger charge is -2.15. The first-order valence-corrected chi connectivity index (χ1v) is 8.12. The summed E-state index contributed by atoms with van der Waals surface area (Å²) >= 11 is 0. The van der Waals surface area contributed by atoms with E-state index in [2.05, 4.69) is 0 Å². The average molecular weight is 344 g/mol. The van der Waals surface area contributed by atoms with Gasteiger partial charge >= 0.3 is 5.97 Å². The van der Waals surface area contributed by atoms with Gasteiger partial charge in [-0.3, -0.25) is 4.79 Å². The second-order valence-electron chi connectivity index (χ2n) is 5.58. The fraction of sp³-hybridized carbons (Fsp3) is 0.350. The van der Waals surface area contributed by atoms with Gasteiger partial charge in [0.25, 0.3) is 0 Å². The van der Waals surface area contributed by atoms with Gasteiger partial charge in [-0.25, -0.2) is 0 Å². The molecule has 0 fully saturated rings. The maximum absolute atomic E-state index is 12.1. The molecule has 0 aromatic heterocycles. The van der Waals surface area contributed by atoms with E-state index < -0.39 is 0 Å².